The molecule has 2 heteroatoms. The molecule has 0 saturated heterocycles. The Bertz CT molecular complexity index is 1650. The minimum absolute atomic E-state index is 0.941. The summed E-state index contributed by atoms with van der Waals surface area (Å²) in [5.41, 5.74) is 1.17. The summed E-state index contributed by atoms with van der Waals surface area (Å²) in [7, 11) is 0. The number of rotatable bonds is 1. The van der Waals surface area contributed by atoms with Gasteiger partial charge >= 0.3 is 0 Å². The SMILES string of the molecule is BrC(Br)=Cc1ccc2ccc3c4ccccc4c4c5ccccc5ccc4c3c2c1. The lowest BCUT2D eigenvalue weighted by Crippen LogP contribution is -1.87. The first-order valence-corrected chi connectivity index (χ1v) is 11.5. The first-order valence-electron chi connectivity index (χ1n) is 9.92. The summed E-state index contributed by atoms with van der Waals surface area (Å²) >= 11 is 7.00. The van der Waals surface area contributed by atoms with E-state index >= 15 is 0 Å². The number of benzene rings is 6. The van der Waals surface area contributed by atoms with E-state index < -0.39 is 0 Å². The maximum absolute atomic E-state index is 3.50. The third kappa shape index (κ3) is 2.71. The molecule has 0 spiro atoms. The Labute approximate surface area is 191 Å². The lowest BCUT2D eigenvalue weighted by atomic mass is 9.88. The Morgan fingerprint density at radius 3 is 1.87 bits per heavy atom. The standard InChI is InChI=1S/C28H16Br2/c29-26(30)16-17-9-10-19-11-13-23-21-7-3-4-8-22(21)27-20-6-2-1-5-18(20)12-14-24(27)28(23)25(19)15-17/h1-16H. The average molecular weight is 512 g/mol. The topological polar surface area (TPSA) is 0 Å². The van der Waals surface area contributed by atoms with E-state index in [2.05, 4.69) is 129 Å². The van der Waals surface area contributed by atoms with Crippen LogP contribution in [0.4, 0.5) is 0 Å². The highest BCUT2D eigenvalue weighted by molar-refractivity contribution is 9.28. The Kier molecular flexibility index (Phi) is 4.19. The molecule has 6 aromatic rings. The number of fused-ring (bicyclic) bond motifs is 10. The maximum atomic E-state index is 3.50. The summed E-state index contributed by atoms with van der Waals surface area (Å²) in [6.07, 6.45) is 2.09. The Balaban J connectivity index is 1.94. The lowest BCUT2D eigenvalue weighted by Gasteiger charge is -2.15. The van der Waals surface area contributed by atoms with Crippen molar-refractivity contribution in [2.75, 3.05) is 0 Å². The van der Waals surface area contributed by atoms with Gasteiger partial charge in [0.15, 0.2) is 0 Å². The van der Waals surface area contributed by atoms with Crippen LogP contribution in [0.2, 0.25) is 0 Å². The van der Waals surface area contributed by atoms with E-state index in [4.69, 9.17) is 0 Å². The van der Waals surface area contributed by atoms with E-state index in [1.807, 2.05) is 0 Å². The highest BCUT2D eigenvalue weighted by atomic mass is 79.9. The van der Waals surface area contributed by atoms with Crippen molar-refractivity contribution < 1.29 is 0 Å². The summed E-state index contributed by atoms with van der Waals surface area (Å²) in [5.74, 6) is 0. The maximum Gasteiger partial charge on any atom is 0.0610 e. The van der Waals surface area contributed by atoms with Gasteiger partial charge in [-0.15, -0.1) is 0 Å². The Hall–Kier alpha value is -2.68. The van der Waals surface area contributed by atoms with Crippen molar-refractivity contribution >= 4 is 91.8 Å². The number of hydrogen-bond acceptors (Lipinski definition) is 0. The van der Waals surface area contributed by atoms with Crippen LogP contribution in [0.3, 0.4) is 0 Å². The molecule has 0 aromatic heterocycles. The van der Waals surface area contributed by atoms with E-state index in [9.17, 15) is 0 Å². The van der Waals surface area contributed by atoms with E-state index in [-0.39, 0.29) is 0 Å². The number of halogens is 2. The van der Waals surface area contributed by atoms with Crippen LogP contribution in [0.25, 0.3) is 59.9 Å². The molecule has 6 rings (SSSR count). The molecule has 6 aromatic carbocycles. The summed E-state index contributed by atoms with van der Waals surface area (Å²) in [6.45, 7) is 0. The zero-order valence-electron chi connectivity index (χ0n) is 16.0. The van der Waals surface area contributed by atoms with Crippen LogP contribution in [0, 0.1) is 0 Å². The summed E-state index contributed by atoms with van der Waals surface area (Å²) in [5, 5.41) is 13.0. The molecule has 0 heterocycles. The lowest BCUT2D eigenvalue weighted by molar-refractivity contribution is 1.74. The van der Waals surface area contributed by atoms with Crippen LogP contribution in [-0.2, 0) is 0 Å². The molecule has 142 valence electrons. The van der Waals surface area contributed by atoms with Gasteiger partial charge in [0, 0.05) is 0 Å². The molecule has 0 amide bonds. The van der Waals surface area contributed by atoms with Gasteiger partial charge in [0.05, 0.1) is 3.39 Å². The van der Waals surface area contributed by atoms with Crippen LogP contribution in [-0.4, -0.2) is 0 Å². The molecule has 30 heavy (non-hydrogen) atoms. The van der Waals surface area contributed by atoms with Crippen LogP contribution >= 0.6 is 31.9 Å². The molecule has 0 aliphatic rings. The van der Waals surface area contributed by atoms with Gasteiger partial charge in [0.2, 0.25) is 0 Å². The molecular formula is C28H16Br2. The van der Waals surface area contributed by atoms with Crippen molar-refractivity contribution in [3.05, 3.63) is 100.0 Å². The summed E-state index contributed by atoms with van der Waals surface area (Å²) < 4.78 is 0.941. The molecule has 0 fully saturated rings. The van der Waals surface area contributed by atoms with Crippen molar-refractivity contribution in [1.29, 1.82) is 0 Å². The highest BCUT2D eigenvalue weighted by Gasteiger charge is 2.13. The third-order valence-electron chi connectivity index (χ3n) is 6.01. The minimum Gasteiger partial charge on any atom is -0.0616 e. The van der Waals surface area contributed by atoms with Crippen molar-refractivity contribution in [3.8, 4) is 0 Å². The molecule has 0 unspecified atom stereocenters. The zero-order valence-corrected chi connectivity index (χ0v) is 19.2. The van der Waals surface area contributed by atoms with Crippen molar-refractivity contribution in [1.82, 2.24) is 0 Å². The van der Waals surface area contributed by atoms with Gasteiger partial charge in [-0.3, -0.25) is 0 Å². The van der Waals surface area contributed by atoms with Gasteiger partial charge in [0.1, 0.15) is 0 Å². The Morgan fingerprint density at radius 2 is 1.07 bits per heavy atom. The number of hydrogen-bond donors (Lipinski definition) is 0. The van der Waals surface area contributed by atoms with E-state index in [0.717, 1.165) is 3.39 Å². The molecule has 0 saturated carbocycles. The minimum atomic E-state index is 0.941. The average Bonchev–Trinajstić information content (AvgIpc) is 2.77. The first-order chi connectivity index (χ1) is 14.7. The van der Waals surface area contributed by atoms with Gasteiger partial charge in [-0.2, -0.15) is 0 Å². The molecule has 0 aliphatic heterocycles. The smallest absolute Gasteiger partial charge is 0.0610 e. The monoisotopic (exact) mass is 510 g/mol. The highest BCUT2D eigenvalue weighted by Crippen LogP contribution is 2.41. The predicted octanol–water partition coefficient (Wildman–Crippen LogP) is 9.54. The van der Waals surface area contributed by atoms with E-state index in [0.29, 0.717) is 0 Å². The van der Waals surface area contributed by atoms with Crippen LogP contribution < -0.4 is 0 Å². The van der Waals surface area contributed by atoms with Crippen LogP contribution in [0.15, 0.2) is 94.4 Å². The second-order valence-corrected chi connectivity index (χ2v) is 10.4. The van der Waals surface area contributed by atoms with Gasteiger partial charge < -0.3 is 0 Å². The Morgan fingerprint density at radius 1 is 0.500 bits per heavy atom. The van der Waals surface area contributed by atoms with Crippen molar-refractivity contribution in [3.63, 3.8) is 0 Å². The second-order valence-electron chi connectivity index (χ2n) is 7.66. The molecule has 0 N–H and O–H groups in total. The van der Waals surface area contributed by atoms with Crippen LogP contribution in [0.5, 0.6) is 0 Å². The van der Waals surface area contributed by atoms with Gasteiger partial charge in [0.25, 0.3) is 0 Å². The predicted molar refractivity (Wildman–Crippen MR) is 140 cm³/mol. The van der Waals surface area contributed by atoms with E-state index in [1.54, 1.807) is 0 Å². The second kappa shape index (κ2) is 6.94. The first kappa shape index (κ1) is 18.1. The zero-order chi connectivity index (χ0) is 20.2. The molecule has 0 aliphatic carbocycles. The summed E-state index contributed by atoms with van der Waals surface area (Å²) in [6, 6.07) is 33.3. The molecule has 0 bridgehead atoms. The van der Waals surface area contributed by atoms with Crippen molar-refractivity contribution in [2.24, 2.45) is 0 Å². The normalized spacial score (nSPS) is 11.7. The third-order valence-corrected chi connectivity index (χ3v) is 6.46. The molecular weight excluding hydrogens is 496 g/mol. The van der Waals surface area contributed by atoms with Crippen LogP contribution in [0.1, 0.15) is 5.56 Å². The van der Waals surface area contributed by atoms with Gasteiger partial charge in [-0.25, -0.2) is 0 Å². The van der Waals surface area contributed by atoms with Gasteiger partial charge in [-0.05, 0) is 103 Å². The molecule has 0 atom stereocenters. The molecule has 0 radical (unpaired) electrons. The molecule has 0 nitrogen and oxygen atoms in total. The van der Waals surface area contributed by atoms with E-state index in [1.165, 1.54) is 59.4 Å². The fourth-order valence-electron chi connectivity index (χ4n) is 4.77. The van der Waals surface area contributed by atoms with Crippen molar-refractivity contribution in [2.45, 2.75) is 0 Å². The fraction of sp³-hybridized carbons (Fsp3) is 0. The largest absolute Gasteiger partial charge is 0.0616 e. The summed E-state index contributed by atoms with van der Waals surface area (Å²) in [4.78, 5) is 0. The fourth-order valence-corrected chi connectivity index (χ4v) is 5.30. The quantitative estimate of drug-likeness (QED) is 0.193. The van der Waals surface area contributed by atoms with Gasteiger partial charge in [-0.1, -0.05) is 84.9 Å².